The summed E-state index contributed by atoms with van der Waals surface area (Å²) in [7, 11) is 2.04. The van der Waals surface area contributed by atoms with Gasteiger partial charge in [-0.3, -0.25) is 0 Å². The molecule has 0 saturated heterocycles. The normalized spacial score (nSPS) is 11.6. The number of halogens is 1. The monoisotopic (exact) mass is 285 g/mol. The van der Waals surface area contributed by atoms with Gasteiger partial charge in [-0.25, -0.2) is 0 Å². The topological polar surface area (TPSA) is 61.8 Å². The van der Waals surface area contributed by atoms with E-state index < -0.39 is 0 Å². The van der Waals surface area contributed by atoms with Gasteiger partial charge in [0.25, 0.3) is 0 Å². The molecule has 0 aliphatic heterocycles. The summed E-state index contributed by atoms with van der Waals surface area (Å²) in [6.45, 7) is 3.13. The molecule has 0 unspecified atom stereocenters. The van der Waals surface area contributed by atoms with Gasteiger partial charge in [-0.05, 0) is 40.5 Å². The molecule has 1 aromatic rings. The van der Waals surface area contributed by atoms with Gasteiger partial charge in [0.05, 0.1) is 0 Å². The summed E-state index contributed by atoms with van der Waals surface area (Å²) in [4.78, 5) is 2.15. The molecule has 0 aliphatic rings. The van der Waals surface area contributed by atoms with Crippen molar-refractivity contribution in [1.82, 2.24) is 0 Å². The van der Waals surface area contributed by atoms with Gasteiger partial charge in [-0.15, -0.1) is 0 Å². The third kappa shape index (κ3) is 2.88. The molecule has 0 amide bonds. The van der Waals surface area contributed by atoms with Gasteiger partial charge < -0.3 is 15.8 Å². The maximum atomic E-state index is 8.61. The van der Waals surface area contributed by atoms with Crippen LogP contribution in [-0.2, 0) is 0 Å². The van der Waals surface area contributed by atoms with Crippen LogP contribution >= 0.6 is 15.9 Å². The molecule has 0 atom stereocenters. The van der Waals surface area contributed by atoms with E-state index in [1.54, 1.807) is 0 Å². The van der Waals surface area contributed by atoms with E-state index in [4.69, 9.17) is 10.9 Å². The predicted octanol–water partition coefficient (Wildman–Crippen LogP) is 2.39. The number of anilines is 1. The number of nitrogens with two attached hydrogens (primary N) is 1. The van der Waals surface area contributed by atoms with Gasteiger partial charge >= 0.3 is 0 Å². The molecule has 0 aliphatic carbocycles. The molecule has 0 saturated carbocycles. The average molecular weight is 286 g/mol. The number of amidine groups is 1. The Morgan fingerprint density at radius 3 is 2.75 bits per heavy atom. The van der Waals surface area contributed by atoms with Crippen LogP contribution in [0.5, 0.6) is 0 Å². The Hall–Kier alpha value is -1.23. The van der Waals surface area contributed by atoms with Crippen LogP contribution < -0.4 is 10.6 Å². The maximum Gasteiger partial charge on any atom is 0.171 e. The molecule has 0 heterocycles. The van der Waals surface area contributed by atoms with Crippen molar-refractivity contribution in [3.05, 3.63) is 28.2 Å². The van der Waals surface area contributed by atoms with Crippen LogP contribution in [0.3, 0.4) is 0 Å². The van der Waals surface area contributed by atoms with Crippen LogP contribution in [0, 0.1) is 0 Å². The van der Waals surface area contributed by atoms with Crippen molar-refractivity contribution in [2.75, 3.05) is 18.5 Å². The first-order valence-corrected chi connectivity index (χ1v) is 5.88. The number of nitrogens with zero attached hydrogens (tertiary/aromatic N) is 2. The van der Waals surface area contributed by atoms with E-state index in [2.05, 4.69) is 32.9 Å². The lowest BCUT2D eigenvalue weighted by molar-refractivity contribution is 0.318. The van der Waals surface area contributed by atoms with Gasteiger partial charge in [0.2, 0.25) is 0 Å². The Bertz CT molecular complexity index is 393. The lowest BCUT2D eigenvalue weighted by atomic mass is 10.2. The summed E-state index contributed by atoms with van der Waals surface area (Å²) in [6.07, 6.45) is 1.09. The summed E-state index contributed by atoms with van der Waals surface area (Å²) < 4.78 is 0.822. The Balaban J connectivity index is 2.99. The molecule has 0 aromatic heterocycles. The molecular formula is C11H16BrN3O. The number of oxime groups is 1. The number of hydrogen-bond acceptors (Lipinski definition) is 3. The predicted molar refractivity (Wildman–Crippen MR) is 70.2 cm³/mol. The Morgan fingerprint density at radius 1 is 1.56 bits per heavy atom. The first kappa shape index (κ1) is 12.8. The molecule has 0 bridgehead atoms. The highest BCUT2D eigenvalue weighted by Crippen LogP contribution is 2.23. The standard InChI is InChI=1S/C11H16BrN3O/c1-3-6-15(2)8-4-5-9(10(12)7-8)11(13)14-16/h4-5,7,16H,3,6H2,1-2H3,(H2,13,14). The fourth-order valence-corrected chi connectivity index (χ4v) is 2.04. The minimum absolute atomic E-state index is 0.108. The summed E-state index contributed by atoms with van der Waals surface area (Å²) in [5.74, 6) is 0.108. The van der Waals surface area contributed by atoms with Crippen molar-refractivity contribution in [2.24, 2.45) is 10.9 Å². The molecule has 1 aromatic carbocycles. The summed E-state index contributed by atoms with van der Waals surface area (Å²) in [5.41, 5.74) is 7.33. The van der Waals surface area contributed by atoms with Gasteiger partial charge in [0.1, 0.15) is 0 Å². The Kier molecular flexibility index (Phi) is 4.61. The Labute approximate surface area is 104 Å². The molecule has 1 rings (SSSR count). The SMILES string of the molecule is CCCN(C)c1ccc(/C(N)=N/O)c(Br)c1. The van der Waals surface area contributed by atoms with E-state index in [1.165, 1.54) is 0 Å². The van der Waals surface area contributed by atoms with Crippen molar-refractivity contribution in [2.45, 2.75) is 13.3 Å². The van der Waals surface area contributed by atoms with E-state index in [1.807, 2.05) is 25.2 Å². The van der Waals surface area contributed by atoms with Crippen molar-refractivity contribution < 1.29 is 5.21 Å². The van der Waals surface area contributed by atoms with Crippen LogP contribution in [0.4, 0.5) is 5.69 Å². The first-order chi connectivity index (χ1) is 7.60. The zero-order chi connectivity index (χ0) is 12.1. The van der Waals surface area contributed by atoms with Gasteiger partial charge in [-0.1, -0.05) is 12.1 Å². The molecule has 5 heteroatoms. The number of hydrogen-bond donors (Lipinski definition) is 2. The van der Waals surface area contributed by atoms with Gasteiger partial charge in [0, 0.05) is 29.3 Å². The van der Waals surface area contributed by atoms with Crippen molar-refractivity contribution in [3.8, 4) is 0 Å². The summed E-state index contributed by atoms with van der Waals surface area (Å²) in [6, 6.07) is 5.75. The molecule has 0 radical (unpaired) electrons. The largest absolute Gasteiger partial charge is 0.409 e. The molecule has 0 fully saturated rings. The minimum atomic E-state index is 0.108. The smallest absolute Gasteiger partial charge is 0.171 e. The fourth-order valence-electron chi connectivity index (χ4n) is 1.47. The molecular weight excluding hydrogens is 270 g/mol. The molecule has 0 spiro atoms. The molecule has 3 N–H and O–H groups in total. The van der Waals surface area contributed by atoms with Crippen LogP contribution in [0.1, 0.15) is 18.9 Å². The zero-order valence-electron chi connectivity index (χ0n) is 9.44. The summed E-state index contributed by atoms with van der Waals surface area (Å²) in [5, 5.41) is 11.6. The highest BCUT2D eigenvalue weighted by Gasteiger charge is 2.07. The van der Waals surface area contributed by atoms with Gasteiger partial charge in [-0.2, -0.15) is 0 Å². The number of benzene rings is 1. The van der Waals surface area contributed by atoms with E-state index in [9.17, 15) is 0 Å². The second-order valence-corrected chi connectivity index (χ2v) is 4.43. The van der Waals surface area contributed by atoms with E-state index in [0.717, 1.165) is 23.1 Å². The van der Waals surface area contributed by atoms with Crippen LogP contribution in [-0.4, -0.2) is 24.6 Å². The van der Waals surface area contributed by atoms with Crippen molar-refractivity contribution in [3.63, 3.8) is 0 Å². The number of rotatable bonds is 4. The second kappa shape index (κ2) is 5.75. The van der Waals surface area contributed by atoms with Crippen molar-refractivity contribution >= 4 is 27.5 Å². The van der Waals surface area contributed by atoms with E-state index in [0.29, 0.717) is 5.56 Å². The molecule has 4 nitrogen and oxygen atoms in total. The Morgan fingerprint density at radius 2 is 2.25 bits per heavy atom. The van der Waals surface area contributed by atoms with E-state index in [-0.39, 0.29) is 5.84 Å². The second-order valence-electron chi connectivity index (χ2n) is 3.57. The highest BCUT2D eigenvalue weighted by molar-refractivity contribution is 9.10. The van der Waals surface area contributed by atoms with E-state index >= 15 is 0 Å². The van der Waals surface area contributed by atoms with Crippen LogP contribution in [0.25, 0.3) is 0 Å². The fraction of sp³-hybridized carbons (Fsp3) is 0.364. The third-order valence-electron chi connectivity index (χ3n) is 2.34. The lowest BCUT2D eigenvalue weighted by Crippen LogP contribution is -2.19. The molecule has 16 heavy (non-hydrogen) atoms. The highest BCUT2D eigenvalue weighted by atomic mass is 79.9. The van der Waals surface area contributed by atoms with Crippen LogP contribution in [0.15, 0.2) is 27.8 Å². The van der Waals surface area contributed by atoms with Crippen molar-refractivity contribution in [1.29, 1.82) is 0 Å². The zero-order valence-corrected chi connectivity index (χ0v) is 11.0. The third-order valence-corrected chi connectivity index (χ3v) is 2.99. The van der Waals surface area contributed by atoms with Crippen LogP contribution in [0.2, 0.25) is 0 Å². The quantitative estimate of drug-likeness (QED) is 0.386. The minimum Gasteiger partial charge on any atom is -0.409 e. The lowest BCUT2D eigenvalue weighted by Gasteiger charge is -2.19. The molecule has 88 valence electrons. The van der Waals surface area contributed by atoms with Gasteiger partial charge in [0.15, 0.2) is 5.84 Å². The first-order valence-electron chi connectivity index (χ1n) is 5.08. The summed E-state index contributed by atoms with van der Waals surface area (Å²) >= 11 is 3.41. The average Bonchev–Trinajstić information content (AvgIpc) is 2.28. The maximum absolute atomic E-state index is 8.61.